The van der Waals surface area contributed by atoms with E-state index in [2.05, 4.69) is 0 Å². The quantitative estimate of drug-likeness (QED) is 0.565. The van der Waals surface area contributed by atoms with Gasteiger partial charge in [-0.2, -0.15) is 5.06 Å². The molecule has 0 aliphatic carbocycles. The van der Waals surface area contributed by atoms with Crippen LogP contribution in [0, 0.1) is 0 Å². The number of hydrogen-bond acceptors (Lipinski definition) is 4. The minimum absolute atomic E-state index is 0.0640. The molecule has 2 radical (unpaired) electrons. The Hall–Kier alpha value is 0.0949. The molecule has 1 rings (SSSR count). The standard InChI is InChI=1S/C8H18BN2O4P/c1-4-7-5-11(6-8(9)14-7)15-16(12,13)10(2)3/h7-8H,4-6H2,1-3H3,(H,12,13). The highest BCUT2D eigenvalue weighted by Crippen LogP contribution is 2.45. The Balaban J connectivity index is 2.57. The maximum Gasteiger partial charge on any atom is 0.421 e. The lowest BCUT2D eigenvalue weighted by atomic mass is 9.98. The van der Waals surface area contributed by atoms with E-state index in [1.807, 2.05) is 6.92 Å². The molecule has 1 N–H and O–H groups in total. The summed E-state index contributed by atoms with van der Waals surface area (Å²) in [5.41, 5.74) is 0. The molecular weight excluding hydrogens is 230 g/mol. The summed E-state index contributed by atoms with van der Waals surface area (Å²) in [6, 6.07) is -0.485. The fourth-order valence-electron chi connectivity index (χ4n) is 1.35. The van der Waals surface area contributed by atoms with Crippen molar-refractivity contribution in [3.63, 3.8) is 0 Å². The van der Waals surface area contributed by atoms with Crippen LogP contribution < -0.4 is 0 Å². The summed E-state index contributed by atoms with van der Waals surface area (Å²) in [4.78, 5) is 9.53. The fourth-order valence-corrected chi connectivity index (χ4v) is 1.93. The van der Waals surface area contributed by atoms with E-state index in [0.29, 0.717) is 6.54 Å². The monoisotopic (exact) mass is 248 g/mol. The second kappa shape index (κ2) is 5.62. The van der Waals surface area contributed by atoms with Crippen LogP contribution in [-0.2, 0) is 13.9 Å². The van der Waals surface area contributed by atoms with Crippen LogP contribution in [0.25, 0.3) is 0 Å². The van der Waals surface area contributed by atoms with Crippen LogP contribution in [0.4, 0.5) is 0 Å². The normalized spacial score (nSPS) is 31.6. The predicted octanol–water partition coefficient (Wildman–Crippen LogP) is 0.185. The maximum absolute atomic E-state index is 11.6. The third-order valence-electron chi connectivity index (χ3n) is 2.34. The zero-order valence-electron chi connectivity index (χ0n) is 9.87. The summed E-state index contributed by atoms with van der Waals surface area (Å²) >= 11 is 0. The van der Waals surface area contributed by atoms with Gasteiger partial charge in [-0.3, -0.25) is 0 Å². The lowest BCUT2D eigenvalue weighted by Gasteiger charge is -2.37. The van der Waals surface area contributed by atoms with Gasteiger partial charge in [0, 0.05) is 12.5 Å². The van der Waals surface area contributed by atoms with E-state index in [4.69, 9.17) is 17.2 Å². The van der Waals surface area contributed by atoms with E-state index >= 15 is 0 Å². The van der Waals surface area contributed by atoms with Gasteiger partial charge in [0.05, 0.1) is 12.6 Å². The van der Waals surface area contributed by atoms with Gasteiger partial charge in [-0.05, 0) is 20.5 Å². The number of hydroxylamine groups is 2. The first kappa shape index (κ1) is 14.2. The van der Waals surface area contributed by atoms with Crippen LogP contribution in [0.1, 0.15) is 13.3 Å². The molecule has 3 atom stereocenters. The van der Waals surface area contributed by atoms with Crippen molar-refractivity contribution >= 4 is 15.6 Å². The van der Waals surface area contributed by atoms with Gasteiger partial charge in [0.25, 0.3) is 0 Å². The summed E-state index contributed by atoms with van der Waals surface area (Å²) in [6.45, 7) is 2.70. The number of ether oxygens (including phenoxy) is 1. The van der Waals surface area contributed by atoms with Crippen LogP contribution in [0.5, 0.6) is 0 Å². The van der Waals surface area contributed by atoms with Crippen LogP contribution in [0.15, 0.2) is 0 Å². The second-order valence-corrected chi connectivity index (χ2v) is 5.92. The number of nitrogens with zero attached hydrogens (tertiary/aromatic N) is 2. The molecule has 1 heterocycles. The second-order valence-electron chi connectivity index (χ2n) is 3.97. The van der Waals surface area contributed by atoms with Gasteiger partial charge >= 0.3 is 7.75 Å². The van der Waals surface area contributed by atoms with Gasteiger partial charge in [0.1, 0.15) is 7.85 Å². The highest BCUT2D eigenvalue weighted by Gasteiger charge is 2.32. The molecular formula is C8H18BN2O4P. The average molecular weight is 248 g/mol. The predicted molar refractivity (Wildman–Crippen MR) is 60.9 cm³/mol. The fraction of sp³-hybridized carbons (Fsp3) is 1.00. The van der Waals surface area contributed by atoms with Crippen LogP contribution in [-0.4, -0.2) is 61.8 Å². The first-order valence-corrected chi connectivity index (χ1v) is 6.74. The zero-order chi connectivity index (χ0) is 12.3. The van der Waals surface area contributed by atoms with Crippen molar-refractivity contribution in [2.75, 3.05) is 27.2 Å². The van der Waals surface area contributed by atoms with Gasteiger partial charge in [-0.25, -0.2) is 13.9 Å². The summed E-state index contributed by atoms with van der Waals surface area (Å²) < 4.78 is 23.2. The van der Waals surface area contributed by atoms with E-state index in [1.165, 1.54) is 19.2 Å². The first-order chi connectivity index (χ1) is 7.35. The number of hydrogen-bond donors (Lipinski definition) is 1. The van der Waals surface area contributed by atoms with Crippen molar-refractivity contribution < 1.29 is 18.8 Å². The van der Waals surface area contributed by atoms with Gasteiger partial charge in [-0.1, -0.05) is 6.92 Å². The molecule has 1 fully saturated rings. The highest BCUT2D eigenvalue weighted by molar-refractivity contribution is 7.50. The molecule has 0 aromatic heterocycles. The Bertz CT molecular complexity index is 279. The summed E-state index contributed by atoms with van der Waals surface area (Å²) in [5, 5.41) is 1.41. The van der Waals surface area contributed by atoms with Crippen molar-refractivity contribution in [1.82, 2.24) is 9.73 Å². The SMILES string of the molecule is [B]C1CN(OP(=O)(O)N(C)C)CC(CC)O1. The van der Waals surface area contributed by atoms with Gasteiger partial charge in [0.2, 0.25) is 0 Å². The molecule has 8 heteroatoms. The van der Waals surface area contributed by atoms with Gasteiger partial charge in [-0.15, -0.1) is 0 Å². The third-order valence-corrected chi connectivity index (χ3v) is 3.80. The zero-order valence-corrected chi connectivity index (χ0v) is 10.8. The van der Waals surface area contributed by atoms with Crippen molar-refractivity contribution in [1.29, 1.82) is 0 Å². The molecule has 1 aliphatic rings. The Morgan fingerprint density at radius 1 is 1.62 bits per heavy atom. The highest BCUT2D eigenvalue weighted by atomic mass is 31.2. The first-order valence-electron chi connectivity index (χ1n) is 5.21. The molecule has 0 spiro atoms. The molecule has 1 saturated heterocycles. The van der Waals surface area contributed by atoms with Crippen LogP contribution >= 0.6 is 7.75 Å². The molecule has 1 aliphatic heterocycles. The van der Waals surface area contributed by atoms with Gasteiger partial charge in [0.15, 0.2) is 0 Å². The van der Waals surface area contributed by atoms with Crippen molar-refractivity contribution in [2.24, 2.45) is 0 Å². The molecule has 6 nitrogen and oxygen atoms in total. The Labute approximate surface area is 97.5 Å². The Morgan fingerprint density at radius 2 is 2.25 bits per heavy atom. The molecule has 16 heavy (non-hydrogen) atoms. The summed E-state index contributed by atoms with van der Waals surface area (Å²) in [7, 11) is 4.88. The van der Waals surface area contributed by atoms with E-state index in [9.17, 15) is 9.46 Å². The lowest BCUT2D eigenvalue weighted by Crippen LogP contribution is -2.47. The van der Waals surface area contributed by atoms with Crippen LogP contribution in [0.2, 0.25) is 0 Å². The topological polar surface area (TPSA) is 62.2 Å². The van der Waals surface area contributed by atoms with Crippen molar-refractivity contribution in [3.8, 4) is 0 Å². The van der Waals surface area contributed by atoms with Gasteiger partial charge < -0.3 is 9.63 Å². The smallest absolute Gasteiger partial charge is 0.382 e. The maximum atomic E-state index is 11.6. The molecule has 3 unspecified atom stereocenters. The minimum Gasteiger partial charge on any atom is -0.382 e. The van der Waals surface area contributed by atoms with E-state index < -0.39 is 13.7 Å². The number of morpholine rings is 1. The van der Waals surface area contributed by atoms with E-state index in [0.717, 1.165) is 11.1 Å². The average Bonchev–Trinajstić information content (AvgIpc) is 2.15. The molecule has 0 bridgehead atoms. The summed E-state index contributed by atoms with van der Waals surface area (Å²) in [5.74, 6) is 0. The molecule has 0 aromatic rings. The number of rotatable bonds is 4. The van der Waals surface area contributed by atoms with Crippen LogP contribution in [0.3, 0.4) is 0 Å². The van der Waals surface area contributed by atoms with E-state index in [-0.39, 0.29) is 12.6 Å². The van der Waals surface area contributed by atoms with E-state index in [1.54, 1.807) is 0 Å². The third kappa shape index (κ3) is 3.84. The van der Waals surface area contributed by atoms with Crippen molar-refractivity contribution in [2.45, 2.75) is 25.5 Å². The molecule has 0 aromatic carbocycles. The minimum atomic E-state index is -3.75. The molecule has 0 amide bonds. The van der Waals surface area contributed by atoms with Crippen molar-refractivity contribution in [3.05, 3.63) is 0 Å². The largest absolute Gasteiger partial charge is 0.421 e. The Kier molecular flexibility index (Phi) is 4.97. The summed E-state index contributed by atoms with van der Waals surface area (Å²) in [6.07, 6.45) is 0.719. The lowest BCUT2D eigenvalue weighted by molar-refractivity contribution is -0.166. The molecule has 0 saturated carbocycles. The Morgan fingerprint density at radius 3 is 2.75 bits per heavy atom. The molecule has 92 valence electrons.